The van der Waals surface area contributed by atoms with Gasteiger partial charge in [0.05, 0.1) is 6.10 Å². The number of aliphatic hydroxyl groups is 1. The van der Waals surface area contributed by atoms with E-state index in [0.717, 1.165) is 24.0 Å². The van der Waals surface area contributed by atoms with Crippen LogP contribution in [0.1, 0.15) is 44.4 Å². The third-order valence-corrected chi connectivity index (χ3v) is 3.27. The number of amides is 1. The Balaban J connectivity index is 2.02. The summed E-state index contributed by atoms with van der Waals surface area (Å²) in [5, 5.41) is 12.6. The number of hydrogen-bond acceptors (Lipinski definition) is 3. The van der Waals surface area contributed by atoms with E-state index >= 15 is 0 Å². The van der Waals surface area contributed by atoms with Crippen molar-refractivity contribution in [3.8, 4) is 5.75 Å². The molecule has 0 radical (unpaired) electrons. The second kappa shape index (κ2) is 5.61. The van der Waals surface area contributed by atoms with Crippen LogP contribution in [0.5, 0.6) is 5.75 Å². The summed E-state index contributed by atoms with van der Waals surface area (Å²) in [6.45, 7) is 5.57. The average Bonchev–Trinajstić information content (AvgIpc) is 2.70. The van der Waals surface area contributed by atoms with Gasteiger partial charge in [0, 0.05) is 6.04 Å². The lowest BCUT2D eigenvalue weighted by molar-refractivity contribution is -0.127. The van der Waals surface area contributed by atoms with Gasteiger partial charge < -0.3 is 15.2 Å². The van der Waals surface area contributed by atoms with E-state index in [1.54, 1.807) is 6.92 Å². The summed E-state index contributed by atoms with van der Waals surface area (Å²) in [4.78, 5) is 11.8. The molecule has 1 aliphatic rings. The molecule has 2 rings (SSSR count). The molecule has 4 heteroatoms. The first-order valence-corrected chi connectivity index (χ1v) is 6.75. The summed E-state index contributed by atoms with van der Waals surface area (Å²) in [5.74, 6) is 0.565. The van der Waals surface area contributed by atoms with Crippen molar-refractivity contribution < 1.29 is 14.6 Å². The molecule has 0 heterocycles. The Morgan fingerprint density at radius 3 is 2.84 bits per heavy atom. The predicted octanol–water partition coefficient (Wildman–Crippen LogP) is 1.96. The molecule has 0 bridgehead atoms. The van der Waals surface area contributed by atoms with E-state index in [1.165, 1.54) is 0 Å². The molecule has 19 heavy (non-hydrogen) atoms. The number of nitrogens with one attached hydrogen (secondary N) is 1. The maximum atomic E-state index is 11.8. The number of aliphatic hydroxyl groups excluding tert-OH is 1. The van der Waals surface area contributed by atoms with Crippen LogP contribution >= 0.6 is 0 Å². The normalized spacial score (nSPS) is 19.1. The fraction of sp³-hybridized carbons (Fsp3) is 0.533. The van der Waals surface area contributed by atoms with E-state index in [9.17, 15) is 9.90 Å². The van der Waals surface area contributed by atoms with Gasteiger partial charge in [-0.2, -0.15) is 0 Å². The zero-order valence-electron chi connectivity index (χ0n) is 11.6. The molecule has 2 atom stereocenters. The Kier molecular flexibility index (Phi) is 4.10. The highest BCUT2D eigenvalue weighted by Gasteiger charge is 2.21. The number of rotatable bonds is 4. The SMILES string of the molecule is CC(C)NC(=O)C(C)Oc1ccc2c(c1)CC[C@@H]2O. The summed E-state index contributed by atoms with van der Waals surface area (Å²) >= 11 is 0. The molecule has 104 valence electrons. The zero-order chi connectivity index (χ0) is 14.0. The van der Waals surface area contributed by atoms with E-state index in [4.69, 9.17) is 4.74 Å². The summed E-state index contributed by atoms with van der Waals surface area (Å²) in [6.07, 6.45) is 0.750. The van der Waals surface area contributed by atoms with E-state index < -0.39 is 6.10 Å². The van der Waals surface area contributed by atoms with Crippen LogP contribution in [0.15, 0.2) is 18.2 Å². The number of fused-ring (bicyclic) bond motifs is 1. The Morgan fingerprint density at radius 2 is 2.16 bits per heavy atom. The minimum absolute atomic E-state index is 0.105. The van der Waals surface area contributed by atoms with Gasteiger partial charge in [-0.1, -0.05) is 6.07 Å². The van der Waals surface area contributed by atoms with Crippen molar-refractivity contribution in [3.05, 3.63) is 29.3 Å². The molecule has 1 aromatic rings. The van der Waals surface area contributed by atoms with Crippen molar-refractivity contribution in [1.29, 1.82) is 0 Å². The van der Waals surface area contributed by atoms with Crippen molar-refractivity contribution in [2.45, 2.75) is 51.9 Å². The molecule has 0 saturated carbocycles. The monoisotopic (exact) mass is 263 g/mol. The molecular formula is C15H21NO3. The summed E-state index contributed by atoms with van der Waals surface area (Å²) in [5.41, 5.74) is 2.09. The van der Waals surface area contributed by atoms with Crippen molar-refractivity contribution in [1.82, 2.24) is 5.32 Å². The van der Waals surface area contributed by atoms with Crippen LogP contribution in [-0.2, 0) is 11.2 Å². The largest absolute Gasteiger partial charge is 0.481 e. The fourth-order valence-electron chi connectivity index (χ4n) is 2.30. The summed E-state index contributed by atoms with van der Waals surface area (Å²) < 4.78 is 5.64. The molecule has 1 amide bonds. The first-order chi connectivity index (χ1) is 8.97. The first-order valence-electron chi connectivity index (χ1n) is 6.75. The minimum atomic E-state index is -0.522. The number of aryl methyl sites for hydroxylation is 1. The lowest BCUT2D eigenvalue weighted by Crippen LogP contribution is -2.40. The summed E-state index contributed by atoms with van der Waals surface area (Å²) in [6, 6.07) is 5.72. The number of benzene rings is 1. The average molecular weight is 263 g/mol. The maximum absolute atomic E-state index is 11.8. The Morgan fingerprint density at radius 1 is 1.42 bits per heavy atom. The van der Waals surface area contributed by atoms with Gasteiger partial charge >= 0.3 is 0 Å². The Bertz CT molecular complexity index is 470. The second-order valence-electron chi connectivity index (χ2n) is 5.34. The van der Waals surface area contributed by atoms with Crippen molar-refractivity contribution in [2.75, 3.05) is 0 Å². The Hall–Kier alpha value is -1.55. The smallest absolute Gasteiger partial charge is 0.260 e. The third kappa shape index (κ3) is 3.26. The van der Waals surface area contributed by atoms with Crippen LogP contribution in [-0.4, -0.2) is 23.2 Å². The maximum Gasteiger partial charge on any atom is 0.260 e. The molecule has 4 nitrogen and oxygen atoms in total. The van der Waals surface area contributed by atoms with Crippen molar-refractivity contribution in [3.63, 3.8) is 0 Å². The van der Waals surface area contributed by atoms with Gasteiger partial charge in [-0.05, 0) is 56.9 Å². The van der Waals surface area contributed by atoms with Crippen LogP contribution in [0.25, 0.3) is 0 Å². The lowest BCUT2D eigenvalue weighted by Gasteiger charge is -2.17. The van der Waals surface area contributed by atoms with Gasteiger partial charge in [0.15, 0.2) is 6.10 Å². The van der Waals surface area contributed by atoms with Gasteiger partial charge in [0.25, 0.3) is 5.91 Å². The number of hydrogen-bond donors (Lipinski definition) is 2. The highest BCUT2D eigenvalue weighted by atomic mass is 16.5. The molecule has 0 saturated heterocycles. The first kappa shape index (κ1) is 13.9. The molecule has 1 aromatic carbocycles. The third-order valence-electron chi connectivity index (χ3n) is 3.27. The van der Waals surface area contributed by atoms with Crippen molar-refractivity contribution in [2.24, 2.45) is 0 Å². The fourth-order valence-corrected chi connectivity index (χ4v) is 2.30. The number of ether oxygens (including phenoxy) is 1. The van der Waals surface area contributed by atoms with Gasteiger partial charge in [0.2, 0.25) is 0 Å². The second-order valence-corrected chi connectivity index (χ2v) is 5.34. The van der Waals surface area contributed by atoms with Crippen molar-refractivity contribution >= 4 is 5.91 Å². The van der Waals surface area contributed by atoms with Crippen LogP contribution in [0.3, 0.4) is 0 Å². The van der Waals surface area contributed by atoms with E-state index in [1.807, 2.05) is 32.0 Å². The number of carbonyl (C=O) groups is 1. The van der Waals surface area contributed by atoms with Crippen LogP contribution in [0.4, 0.5) is 0 Å². The van der Waals surface area contributed by atoms with Gasteiger partial charge in [-0.3, -0.25) is 4.79 Å². The molecule has 2 N–H and O–H groups in total. The summed E-state index contributed by atoms with van der Waals surface area (Å²) in [7, 11) is 0. The van der Waals surface area contributed by atoms with Crippen LogP contribution in [0.2, 0.25) is 0 Å². The van der Waals surface area contributed by atoms with Gasteiger partial charge in [-0.25, -0.2) is 0 Å². The van der Waals surface area contributed by atoms with E-state index in [-0.39, 0.29) is 18.1 Å². The van der Waals surface area contributed by atoms with E-state index in [2.05, 4.69) is 5.32 Å². The highest BCUT2D eigenvalue weighted by Crippen LogP contribution is 2.33. The van der Waals surface area contributed by atoms with Gasteiger partial charge in [-0.15, -0.1) is 0 Å². The van der Waals surface area contributed by atoms with E-state index in [0.29, 0.717) is 5.75 Å². The molecular weight excluding hydrogens is 242 g/mol. The molecule has 1 aliphatic carbocycles. The molecule has 0 fully saturated rings. The molecule has 0 aliphatic heterocycles. The van der Waals surface area contributed by atoms with Gasteiger partial charge in [0.1, 0.15) is 5.75 Å². The molecule has 0 spiro atoms. The number of carbonyl (C=O) groups excluding carboxylic acids is 1. The standard InChI is InChI=1S/C15H21NO3/c1-9(2)16-15(18)10(3)19-12-5-6-13-11(8-12)4-7-14(13)17/h5-6,8-10,14,17H,4,7H2,1-3H3,(H,16,18)/t10?,14-/m0/s1. The Labute approximate surface area is 113 Å². The van der Waals surface area contributed by atoms with Crippen LogP contribution in [0, 0.1) is 0 Å². The predicted molar refractivity (Wildman–Crippen MR) is 73.1 cm³/mol. The topological polar surface area (TPSA) is 58.6 Å². The quantitative estimate of drug-likeness (QED) is 0.873. The lowest BCUT2D eigenvalue weighted by atomic mass is 10.1. The minimum Gasteiger partial charge on any atom is -0.481 e. The molecule has 0 aromatic heterocycles. The molecule has 1 unspecified atom stereocenters. The van der Waals surface area contributed by atoms with Crippen LogP contribution < -0.4 is 10.1 Å². The highest BCUT2D eigenvalue weighted by molar-refractivity contribution is 5.80. The zero-order valence-corrected chi connectivity index (χ0v) is 11.6.